The summed E-state index contributed by atoms with van der Waals surface area (Å²) in [5, 5.41) is 3.38. The van der Waals surface area contributed by atoms with Crippen molar-refractivity contribution < 1.29 is 0 Å². The molecule has 2 rings (SSSR count). The molecule has 1 aliphatic rings. The molecule has 1 saturated heterocycles. The minimum absolute atomic E-state index is 0. The highest BCUT2D eigenvalue weighted by molar-refractivity contribution is 5.85. The molecule has 3 N–H and O–H groups in total. The molecule has 0 radical (unpaired) electrons. The van der Waals surface area contributed by atoms with E-state index < -0.39 is 0 Å². The fourth-order valence-corrected chi connectivity index (χ4v) is 1.94. The van der Waals surface area contributed by atoms with E-state index in [1.165, 1.54) is 5.56 Å². The summed E-state index contributed by atoms with van der Waals surface area (Å²) in [6, 6.07) is 10.9. The van der Waals surface area contributed by atoms with Crippen molar-refractivity contribution in [2.45, 2.75) is 18.4 Å². The van der Waals surface area contributed by atoms with Gasteiger partial charge in [-0.25, -0.2) is 0 Å². The van der Waals surface area contributed by atoms with E-state index in [0.29, 0.717) is 12.0 Å². The molecule has 2 atom stereocenters. The Hall–Kier alpha value is -0.280. The van der Waals surface area contributed by atoms with Crippen molar-refractivity contribution in [1.82, 2.24) is 5.32 Å². The third kappa shape index (κ3) is 3.65. The Balaban J connectivity index is 0.000000980. The molecule has 2 unspecified atom stereocenters. The normalized spacial score (nSPS) is 24.9. The average Bonchev–Trinajstić information content (AvgIpc) is 2.20. The summed E-state index contributed by atoms with van der Waals surface area (Å²) in [4.78, 5) is 0. The molecule has 1 aromatic rings. The second kappa shape index (κ2) is 7.07. The highest BCUT2D eigenvalue weighted by atomic mass is 35.5. The zero-order valence-electron chi connectivity index (χ0n) is 8.56. The van der Waals surface area contributed by atoms with Crippen LogP contribution in [0.2, 0.25) is 0 Å². The topological polar surface area (TPSA) is 38.0 Å². The lowest BCUT2D eigenvalue weighted by Crippen LogP contribution is -2.43. The first kappa shape index (κ1) is 14.7. The van der Waals surface area contributed by atoms with Crippen LogP contribution in [-0.2, 0) is 0 Å². The first-order valence-corrected chi connectivity index (χ1v) is 4.89. The Morgan fingerprint density at radius 2 is 1.80 bits per heavy atom. The fourth-order valence-electron chi connectivity index (χ4n) is 1.94. The van der Waals surface area contributed by atoms with Gasteiger partial charge in [0.1, 0.15) is 0 Å². The van der Waals surface area contributed by atoms with Gasteiger partial charge >= 0.3 is 0 Å². The summed E-state index contributed by atoms with van der Waals surface area (Å²) in [7, 11) is 0. The Morgan fingerprint density at radius 3 is 2.40 bits per heavy atom. The fraction of sp³-hybridized carbons (Fsp3) is 0.455. The third-order valence-electron chi connectivity index (χ3n) is 2.76. The number of nitrogens with two attached hydrogens (primary N) is 1. The molecule has 1 fully saturated rings. The van der Waals surface area contributed by atoms with Crippen molar-refractivity contribution in [2.24, 2.45) is 5.73 Å². The van der Waals surface area contributed by atoms with Gasteiger partial charge < -0.3 is 11.1 Å². The van der Waals surface area contributed by atoms with E-state index in [2.05, 4.69) is 29.6 Å². The van der Waals surface area contributed by atoms with E-state index in [0.717, 1.165) is 19.5 Å². The zero-order valence-corrected chi connectivity index (χ0v) is 10.2. The Labute approximate surface area is 103 Å². The van der Waals surface area contributed by atoms with Gasteiger partial charge in [-0.1, -0.05) is 30.3 Å². The second-order valence-electron chi connectivity index (χ2n) is 3.67. The Kier molecular flexibility index (Phi) is 6.94. The Bertz CT molecular complexity index is 267. The van der Waals surface area contributed by atoms with Gasteiger partial charge in [-0.05, 0) is 18.5 Å². The molecule has 1 heterocycles. The van der Waals surface area contributed by atoms with Gasteiger partial charge in [-0.3, -0.25) is 0 Å². The lowest BCUT2D eigenvalue weighted by Gasteiger charge is -2.29. The number of rotatable bonds is 1. The van der Waals surface area contributed by atoms with Crippen LogP contribution in [0.5, 0.6) is 0 Å². The molecule has 0 saturated carbocycles. The maximum Gasteiger partial charge on any atom is 0.0132 e. The Morgan fingerprint density at radius 1 is 1.13 bits per heavy atom. The predicted molar refractivity (Wildman–Crippen MR) is 69.1 cm³/mol. The van der Waals surface area contributed by atoms with Crippen molar-refractivity contribution in [3.8, 4) is 0 Å². The lowest BCUT2D eigenvalue weighted by atomic mass is 9.88. The quantitative estimate of drug-likeness (QED) is 0.798. The molecule has 0 amide bonds. The third-order valence-corrected chi connectivity index (χ3v) is 2.76. The monoisotopic (exact) mass is 248 g/mol. The highest BCUT2D eigenvalue weighted by Crippen LogP contribution is 2.21. The predicted octanol–water partition coefficient (Wildman–Crippen LogP) is 1.93. The molecule has 0 aliphatic carbocycles. The molecule has 86 valence electrons. The number of halogens is 2. The molecule has 4 heteroatoms. The van der Waals surface area contributed by atoms with Crippen LogP contribution in [-0.4, -0.2) is 19.1 Å². The molecule has 1 aromatic carbocycles. The molecular formula is C11H18Cl2N2. The SMILES string of the molecule is Cl.Cl.NC1CCNCC1c1ccccc1. The summed E-state index contributed by atoms with van der Waals surface area (Å²) in [5.41, 5.74) is 7.43. The van der Waals surface area contributed by atoms with Crippen molar-refractivity contribution in [3.05, 3.63) is 35.9 Å². The largest absolute Gasteiger partial charge is 0.327 e. The van der Waals surface area contributed by atoms with E-state index >= 15 is 0 Å². The minimum atomic E-state index is 0. The summed E-state index contributed by atoms with van der Waals surface area (Å²) in [6.07, 6.45) is 1.08. The zero-order chi connectivity index (χ0) is 9.10. The first-order chi connectivity index (χ1) is 6.38. The summed E-state index contributed by atoms with van der Waals surface area (Å²) in [6.45, 7) is 2.08. The molecular weight excluding hydrogens is 231 g/mol. The molecule has 15 heavy (non-hydrogen) atoms. The molecule has 1 aliphatic heterocycles. The van der Waals surface area contributed by atoms with Gasteiger partial charge in [0.15, 0.2) is 0 Å². The van der Waals surface area contributed by atoms with Crippen LogP contribution in [0, 0.1) is 0 Å². The van der Waals surface area contributed by atoms with Crippen LogP contribution >= 0.6 is 24.8 Å². The molecule has 0 spiro atoms. The van der Waals surface area contributed by atoms with Crippen LogP contribution in [0.4, 0.5) is 0 Å². The van der Waals surface area contributed by atoms with Gasteiger partial charge in [-0.2, -0.15) is 0 Å². The van der Waals surface area contributed by atoms with E-state index in [1.54, 1.807) is 0 Å². The number of piperidine rings is 1. The second-order valence-corrected chi connectivity index (χ2v) is 3.67. The molecule has 2 nitrogen and oxygen atoms in total. The number of nitrogens with one attached hydrogen (secondary N) is 1. The van der Waals surface area contributed by atoms with Gasteiger partial charge in [0.2, 0.25) is 0 Å². The standard InChI is InChI=1S/C11H16N2.2ClH/c12-11-6-7-13-8-10(11)9-4-2-1-3-5-9;;/h1-5,10-11,13H,6-8,12H2;2*1H. The van der Waals surface area contributed by atoms with Gasteiger partial charge in [0.05, 0.1) is 0 Å². The van der Waals surface area contributed by atoms with Gasteiger partial charge in [-0.15, -0.1) is 24.8 Å². The maximum atomic E-state index is 6.07. The summed E-state index contributed by atoms with van der Waals surface area (Å²) >= 11 is 0. The van der Waals surface area contributed by atoms with E-state index in [4.69, 9.17) is 5.73 Å². The van der Waals surface area contributed by atoms with Crippen molar-refractivity contribution in [3.63, 3.8) is 0 Å². The number of benzene rings is 1. The van der Waals surface area contributed by atoms with Crippen molar-refractivity contribution >= 4 is 24.8 Å². The maximum absolute atomic E-state index is 6.07. The highest BCUT2D eigenvalue weighted by Gasteiger charge is 2.22. The van der Waals surface area contributed by atoms with Crippen LogP contribution in [0.15, 0.2) is 30.3 Å². The average molecular weight is 249 g/mol. The molecule has 0 bridgehead atoms. The number of hydrogen-bond acceptors (Lipinski definition) is 2. The molecule has 0 aromatic heterocycles. The van der Waals surface area contributed by atoms with E-state index in [-0.39, 0.29) is 24.8 Å². The van der Waals surface area contributed by atoms with Gasteiger partial charge in [0.25, 0.3) is 0 Å². The van der Waals surface area contributed by atoms with E-state index in [9.17, 15) is 0 Å². The smallest absolute Gasteiger partial charge is 0.0132 e. The van der Waals surface area contributed by atoms with Gasteiger partial charge in [0, 0.05) is 18.5 Å². The lowest BCUT2D eigenvalue weighted by molar-refractivity contribution is 0.403. The van der Waals surface area contributed by atoms with Crippen LogP contribution < -0.4 is 11.1 Å². The first-order valence-electron chi connectivity index (χ1n) is 4.89. The van der Waals surface area contributed by atoms with Crippen molar-refractivity contribution in [1.29, 1.82) is 0 Å². The number of hydrogen-bond donors (Lipinski definition) is 2. The summed E-state index contributed by atoms with van der Waals surface area (Å²) in [5.74, 6) is 0.495. The van der Waals surface area contributed by atoms with Crippen LogP contribution in [0.1, 0.15) is 17.9 Å². The van der Waals surface area contributed by atoms with Crippen LogP contribution in [0.3, 0.4) is 0 Å². The minimum Gasteiger partial charge on any atom is -0.327 e. The van der Waals surface area contributed by atoms with Crippen LogP contribution in [0.25, 0.3) is 0 Å². The van der Waals surface area contributed by atoms with Crippen molar-refractivity contribution in [2.75, 3.05) is 13.1 Å². The summed E-state index contributed by atoms with van der Waals surface area (Å²) < 4.78 is 0. The van der Waals surface area contributed by atoms with E-state index in [1.807, 2.05) is 6.07 Å².